The molecule has 17 heteroatoms. The van der Waals surface area contributed by atoms with Crippen LogP contribution >= 0.6 is 11.3 Å². The van der Waals surface area contributed by atoms with E-state index in [1.54, 1.807) is 32.7 Å². The van der Waals surface area contributed by atoms with Crippen molar-refractivity contribution in [2.75, 3.05) is 50.1 Å². The number of fused-ring (bicyclic) bond motifs is 3. The molecular weight excluding hydrogens is 726 g/mol. The van der Waals surface area contributed by atoms with Gasteiger partial charge in [0.1, 0.15) is 46.6 Å². The summed E-state index contributed by atoms with van der Waals surface area (Å²) in [5.41, 5.74) is -2.25. The van der Waals surface area contributed by atoms with Crippen LogP contribution in [0, 0.1) is 34.3 Å². The summed E-state index contributed by atoms with van der Waals surface area (Å²) in [7, 11) is 1.69. The normalized spacial score (nSPS) is 21.2. The topological polar surface area (TPSA) is 168 Å². The summed E-state index contributed by atoms with van der Waals surface area (Å²) >= 11 is 0.768. The number of amides is 2. The summed E-state index contributed by atoms with van der Waals surface area (Å²) in [6.45, 7) is 6.46. The van der Waals surface area contributed by atoms with E-state index in [0.29, 0.717) is 19.4 Å². The molecule has 2 aromatic heterocycles. The Bertz CT molecular complexity index is 2280. The lowest BCUT2D eigenvalue weighted by Gasteiger charge is -2.31. The summed E-state index contributed by atoms with van der Waals surface area (Å²) in [5, 5.41) is 32.9. The number of halogens is 3. The van der Waals surface area contributed by atoms with Crippen molar-refractivity contribution in [1.82, 2.24) is 19.8 Å². The first-order valence-electron chi connectivity index (χ1n) is 17.5. The van der Waals surface area contributed by atoms with Gasteiger partial charge >= 0.3 is 18.2 Å². The predicted molar refractivity (Wildman–Crippen MR) is 195 cm³/mol. The smallest absolute Gasteiger partial charge is 0.412 e. The highest BCUT2D eigenvalue weighted by Gasteiger charge is 2.49. The third-order valence-corrected chi connectivity index (χ3v) is 11.5. The molecule has 2 amide bonds. The second kappa shape index (κ2) is 13.8. The van der Waals surface area contributed by atoms with Crippen LogP contribution in [0.5, 0.6) is 6.01 Å². The summed E-state index contributed by atoms with van der Waals surface area (Å²) < 4.78 is 58.7. The number of hydrogen-bond acceptors (Lipinski definition) is 11. The molecule has 0 unspecified atom stereocenters. The van der Waals surface area contributed by atoms with Crippen molar-refractivity contribution in [2.24, 2.45) is 0 Å². The summed E-state index contributed by atoms with van der Waals surface area (Å²) in [4.78, 5) is 38.6. The van der Waals surface area contributed by atoms with E-state index in [0.717, 1.165) is 30.4 Å². The zero-order valence-corrected chi connectivity index (χ0v) is 30.8. The molecule has 3 aliphatic heterocycles. The molecule has 7 rings (SSSR count). The fraction of sp³-hybridized carbons (Fsp3) is 0.459. The molecule has 3 aliphatic rings. The molecule has 2 aromatic carbocycles. The van der Waals surface area contributed by atoms with E-state index in [4.69, 9.17) is 9.47 Å². The number of rotatable bonds is 7. The van der Waals surface area contributed by atoms with E-state index < -0.39 is 41.1 Å². The maximum absolute atomic E-state index is 17.3. The van der Waals surface area contributed by atoms with Crippen LogP contribution in [-0.2, 0) is 4.74 Å². The number of alkyl halides is 1. The molecule has 0 radical (unpaired) electrons. The molecule has 3 saturated heterocycles. The molecule has 282 valence electrons. The van der Waals surface area contributed by atoms with E-state index in [9.17, 15) is 29.6 Å². The summed E-state index contributed by atoms with van der Waals surface area (Å²) in [6.07, 6.45) is -0.664. The Hall–Kier alpha value is -5.39. The van der Waals surface area contributed by atoms with Gasteiger partial charge in [-0.3, -0.25) is 10.2 Å². The third-order valence-electron chi connectivity index (χ3n) is 10.3. The van der Waals surface area contributed by atoms with Crippen LogP contribution in [0.25, 0.3) is 32.1 Å². The Morgan fingerprint density at radius 2 is 1.96 bits per heavy atom. The average Bonchev–Trinajstić information content (AvgIpc) is 3.89. The molecule has 3 fully saturated rings. The minimum Gasteiger partial charge on any atom is -0.465 e. The molecule has 5 heterocycles. The van der Waals surface area contributed by atoms with Crippen molar-refractivity contribution in [1.29, 1.82) is 10.5 Å². The highest BCUT2D eigenvalue weighted by molar-refractivity contribution is 7.23. The molecule has 3 atom stereocenters. The zero-order chi connectivity index (χ0) is 38.7. The number of benzene rings is 2. The number of carbonyl (C=O) groups is 2. The molecule has 4 aromatic rings. The molecule has 0 saturated carbocycles. The Balaban J connectivity index is 1.39. The van der Waals surface area contributed by atoms with Gasteiger partial charge in [0, 0.05) is 55.5 Å². The number of carboxylic acid groups (broad SMARTS) is 1. The van der Waals surface area contributed by atoms with Gasteiger partial charge in [0.2, 0.25) is 0 Å². The van der Waals surface area contributed by atoms with Crippen molar-refractivity contribution >= 4 is 55.3 Å². The van der Waals surface area contributed by atoms with Crippen LogP contribution < -0.4 is 15.0 Å². The fourth-order valence-corrected chi connectivity index (χ4v) is 8.97. The number of hydrogen-bond donors (Lipinski definition) is 2. The first kappa shape index (κ1) is 36.9. The summed E-state index contributed by atoms with van der Waals surface area (Å²) in [5.74, 6) is -1.52. The maximum Gasteiger partial charge on any atom is 0.412 e. The molecule has 2 N–H and O–H groups in total. The lowest BCUT2D eigenvalue weighted by molar-refractivity contribution is 0.0636. The Labute approximate surface area is 312 Å². The van der Waals surface area contributed by atoms with E-state index in [-0.39, 0.29) is 92.2 Å². The number of likely N-dealkylation sites (N-methyl/N-ethyl adjacent to an activating group) is 1. The molecule has 13 nitrogen and oxygen atoms in total. The van der Waals surface area contributed by atoms with Gasteiger partial charge in [-0.25, -0.2) is 22.8 Å². The van der Waals surface area contributed by atoms with Gasteiger partial charge in [0.15, 0.2) is 5.82 Å². The van der Waals surface area contributed by atoms with E-state index in [1.165, 1.54) is 17.0 Å². The van der Waals surface area contributed by atoms with Gasteiger partial charge < -0.3 is 24.4 Å². The number of nitriles is 2. The number of aromatic nitrogens is 2. The Morgan fingerprint density at radius 1 is 1.19 bits per heavy atom. The largest absolute Gasteiger partial charge is 0.465 e. The minimum atomic E-state index is -1.08. The van der Waals surface area contributed by atoms with Gasteiger partial charge in [-0.05, 0) is 64.3 Å². The Kier molecular flexibility index (Phi) is 9.43. The predicted octanol–water partition coefficient (Wildman–Crippen LogP) is 7.02. The van der Waals surface area contributed by atoms with Crippen molar-refractivity contribution in [2.45, 2.75) is 69.8 Å². The van der Waals surface area contributed by atoms with Gasteiger partial charge in [-0.15, -0.1) is 11.3 Å². The van der Waals surface area contributed by atoms with Crippen LogP contribution in [0.4, 0.5) is 33.6 Å². The van der Waals surface area contributed by atoms with Gasteiger partial charge in [0.25, 0.3) is 0 Å². The van der Waals surface area contributed by atoms with Gasteiger partial charge in [0.05, 0.1) is 27.4 Å². The lowest BCUT2D eigenvalue weighted by atomic mass is 9.93. The number of anilines is 2. The average molecular weight is 763 g/mol. The first-order chi connectivity index (χ1) is 25.6. The van der Waals surface area contributed by atoms with Crippen molar-refractivity contribution in [3.63, 3.8) is 0 Å². The molecule has 0 bridgehead atoms. The van der Waals surface area contributed by atoms with E-state index in [1.807, 2.05) is 12.1 Å². The van der Waals surface area contributed by atoms with Crippen LogP contribution in [0.3, 0.4) is 0 Å². The number of carbonyl (C=O) groups excluding carboxylic acids is 1. The van der Waals surface area contributed by atoms with E-state index in [2.05, 4.69) is 20.2 Å². The van der Waals surface area contributed by atoms with Gasteiger partial charge in [-0.1, -0.05) is 6.07 Å². The fourth-order valence-electron chi connectivity index (χ4n) is 7.90. The quantitative estimate of drug-likeness (QED) is 0.199. The number of thiophene rings is 1. The Morgan fingerprint density at radius 3 is 2.65 bits per heavy atom. The van der Waals surface area contributed by atoms with Gasteiger partial charge in [-0.2, -0.15) is 20.5 Å². The van der Waals surface area contributed by atoms with Crippen LogP contribution in [-0.4, -0.2) is 100 Å². The third kappa shape index (κ3) is 6.56. The zero-order valence-electron chi connectivity index (χ0n) is 30.0. The first-order valence-corrected chi connectivity index (χ1v) is 18.3. The second-order valence-corrected chi connectivity index (χ2v) is 16.0. The monoisotopic (exact) mass is 762 g/mol. The highest BCUT2D eigenvalue weighted by atomic mass is 32.1. The SMILES string of the molecule is CN(c1nc(OC[C@@]23CCCN2C[C@H](F)C3)nc2c(F)c(-c3ccc(F)c4sc(NC(=O)OC(C)(C)C)c(C#N)c34)c(C#N)cc12)[C@@H]1CCN(C(=O)O)C1. The second-order valence-electron chi connectivity index (χ2n) is 14.9. The molecule has 0 aliphatic carbocycles. The minimum absolute atomic E-state index is 0.0108. The maximum atomic E-state index is 17.3. The molecular formula is C37H37F3N8O5S. The molecule has 0 spiro atoms. The van der Waals surface area contributed by atoms with Crippen LogP contribution in [0.1, 0.15) is 57.6 Å². The lowest BCUT2D eigenvalue weighted by Crippen LogP contribution is -2.43. The molecule has 54 heavy (non-hydrogen) atoms. The highest BCUT2D eigenvalue weighted by Crippen LogP contribution is 2.46. The number of nitrogens with one attached hydrogen (secondary N) is 1. The number of nitrogens with zero attached hydrogens (tertiary/aromatic N) is 7. The van der Waals surface area contributed by atoms with E-state index >= 15 is 8.78 Å². The summed E-state index contributed by atoms with van der Waals surface area (Å²) in [6, 6.07) is 7.24. The number of likely N-dealkylation sites (tertiary alicyclic amines) is 1. The van der Waals surface area contributed by atoms with Crippen LogP contribution in [0.2, 0.25) is 0 Å². The van der Waals surface area contributed by atoms with Crippen molar-refractivity contribution in [3.05, 3.63) is 41.0 Å². The standard InChI is InChI=1S/C37H37F3N8O5S/c1-36(2,3)53-34(49)45-32-24(15-42)27-22(6-7-25(39)30(27)54-32)26-19(14-41)12-23-29(28(26)40)43-33(52-18-37-9-5-10-48(37)16-20(38)13-37)44-31(23)46(4)21-8-11-47(17-21)35(50)51/h6-7,12,20-21H,5,8-11,13,16-18H2,1-4H3,(H,45,49)(H,50,51)/t20-,21-,37+/m1/s1. The van der Waals surface area contributed by atoms with Crippen LogP contribution in [0.15, 0.2) is 18.2 Å². The van der Waals surface area contributed by atoms with Crippen molar-refractivity contribution < 1.29 is 37.3 Å². The van der Waals surface area contributed by atoms with Crippen molar-refractivity contribution in [3.8, 4) is 29.3 Å². The number of ether oxygens (including phenoxy) is 2.